The summed E-state index contributed by atoms with van der Waals surface area (Å²) in [5.74, 6) is -2.96. The molecule has 0 spiro atoms. The Morgan fingerprint density at radius 1 is 0.824 bits per heavy atom. The molecule has 0 aliphatic carbocycles. The number of nitrogens with zero attached hydrogens (tertiary/aromatic N) is 1. The number of fused-ring (bicyclic) bond motifs is 1. The summed E-state index contributed by atoms with van der Waals surface area (Å²) < 4.78 is 0. The fourth-order valence-electron chi connectivity index (χ4n) is 6.70. The standard InChI is InChI=1S/C39H52BN5O6/c1-26(2)21-29(24-36(46)34(23-28-15-7-4-8-16-28)44-38(48)32(42)22-27-13-5-3-6-14-27)37(47)43-33(18-11-12-20-41)39(49)45-25-31(40(50)51)30-17-9-10-19-35(30)45/h3-10,13-17,19,26,29,31-34,50-51H,11-12,18,20-25,41-42H2,1-2H3,(H,43,47)(H,44,48)/t29-,31?,32+,33+,34+/m0/s1. The molecule has 1 aliphatic rings. The molecular formula is C39H52BN5O6. The quantitative estimate of drug-likeness (QED) is 0.0815. The molecule has 51 heavy (non-hydrogen) atoms. The first-order valence-corrected chi connectivity index (χ1v) is 17.9. The average molecular weight is 698 g/mol. The van der Waals surface area contributed by atoms with Gasteiger partial charge < -0.3 is 37.0 Å². The van der Waals surface area contributed by atoms with Gasteiger partial charge in [0.05, 0.1) is 12.1 Å². The minimum atomic E-state index is -1.66. The molecule has 8 N–H and O–H groups in total. The van der Waals surface area contributed by atoms with Crippen LogP contribution in [0.5, 0.6) is 0 Å². The van der Waals surface area contributed by atoms with Crippen LogP contribution in [-0.2, 0) is 32.0 Å². The van der Waals surface area contributed by atoms with Crippen molar-refractivity contribution in [1.29, 1.82) is 0 Å². The normalized spacial score (nSPS) is 16.1. The number of anilines is 1. The molecule has 3 aromatic carbocycles. The summed E-state index contributed by atoms with van der Waals surface area (Å²) in [5.41, 5.74) is 15.0. The van der Waals surface area contributed by atoms with E-state index >= 15 is 0 Å². The molecule has 0 saturated heterocycles. The lowest BCUT2D eigenvalue weighted by Gasteiger charge is -2.28. The van der Waals surface area contributed by atoms with Crippen LogP contribution in [0.1, 0.15) is 68.5 Å². The number of benzene rings is 3. The highest BCUT2D eigenvalue weighted by Gasteiger charge is 2.41. The van der Waals surface area contributed by atoms with E-state index in [0.29, 0.717) is 49.9 Å². The number of ketones is 1. The number of hydrogen-bond acceptors (Lipinski definition) is 8. The largest absolute Gasteiger partial charge is 0.461 e. The fourth-order valence-corrected chi connectivity index (χ4v) is 6.70. The summed E-state index contributed by atoms with van der Waals surface area (Å²) in [6.45, 7) is 4.40. The lowest BCUT2D eigenvalue weighted by Crippen LogP contribution is -2.52. The highest BCUT2D eigenvalue weighted by molar-refractivity contribution is 6.44. The molecule has 0 fully saturated rings. The number of nitrogens with one attached hydrogen (secondary N) is 2. The third-order valence-corrected chi connectivity index (χ3v) is 9.39. The Labute approximate surface area is 301 Å². The molecular weight excluding hydrogens is 645 g/mol. The maximum absolute atomic E-state index is 14.1. The first-order chi connectivity index (χ1) is 24.5. The Hall–Kier alpha value is -4.36. The number of Topliss-reactive ketones (excluding diaryl/α,β-unsaturated/α-hetero) is 1. The van der Waals surface area contributed by atoms with E-state index in [2.05, 4.69) is 10.6 Å². The summed E-state index contributed by atoms with van der Waals surface area (Å²) in [4.78, 5) is 57.0. The van der Waals surface area contributed by atoms with E-state index in [1.54, 1.807) is 24.3 Å². The second-order valence-corrected chi connectivity index (χ2v) is 13.9. The van der Waals surface area contributed by atoms with Gasteiger partial charge in [0, 0.05) is 30.4 Å². The molecule has 12 heteroatoms. The van der Waals surface area contributed by atoms with Crippen LogP contribution in [0.15, 0.2) is 84.9 Å². The molecule has 0 aromatic heterocycles. The topological polar surface area (TPSA) is 188 Å². The number of unbranched alkanes of at least 4 members (excludes halogenated alkanes) is 1. The summed E-state index contributed by atoms with van der Waals surface area (Å²) in [6, 6.07) is 23.1. The zero-order chi connectivity index (χ0) is 36.9. The summed E-state index contributed by atoms with van der Waals surface area (Å²) >= 11 is 0. The van der Waals surface area contributed by atoms with Gasteiger partial charge in [-0.05, 0) is 73.7 Å². The van der Waals surface area contributed by atoms with Crippen LogP contribution < -0.4 is 27.0 Å². The number of carbonyl (C=O) groups excluding carboxylic acids is 4. The summed E-state index contributed by atoms with van der Waals surface area (Å²) in [7, 11) is -1.66. The van der Waals surface area contributed by atoms with Gasteiger partial charge in [-0.2, -0.15) is 0 Å². The Morgan fingerprint density at radius 3 is 2.02 bits per heavy atom. The van der Waals surface area contributed by atoms with Crippen LogP contribution in [-0.4, -0.2) is 71.9 Å². The molecule has 0 radical (unpaired) electrons. The third-order valence-electron chi connectivity index (χ3n) is 9.39. The van der Waals surface area contributed by atoms with Crippen LogP contribution in [0.4, 0.5) is 5.69 Å². The molecule has 0 saturated carbocycles. The van der Waals surface area contributed by atoms with Gasteiger partial charge in [0.2, 0.25) is 17.7 Å². The van der Waals surface area contributed by atoms with Crippen LogP contribution in [0, 0.1) is 11.8 Å². The van der Waals surface area contributed by atoms with Crippen molar-refractivity contribution < 1.29 is 29.2 Å². The monoisotopic (exact) mass is 697 g/mol. The number of rotatable bonds is 19. The van der Waals surface area contributed by atoms with Crippen molar-refractivity contribution >= 4 is 36.3 Å². The molecule has 5 atom stereocenters. The second kappa shape index (κ2) is 19.3. The molecule has 1 aliphatic heterocycles. The minimum absolute atomic E-state index is 0.0543. The maximum atomic E-state index is 14.1. The second-order valence-electron chi connectivity index (χ2n) is 13.9. The molecule has 3 amide bonds. The van der Waals surface area contributed by atoms with Gasteiger partial charge >= 0.3 is 7.12 Å². The highest BCUT2D eigenvalue weighted by Crippen LogP contribution is 2.37. The van der Waals surface area contributed by atoms with E-state index in [9.17, 15) is 29.2 Å². The molecule has 272 valence electrons. The molecule has 0 bridgehead atoms. The zero-order valence-corrected chi connectivity index (χ0v) is 29.6. The van der Waals surface area contributed by atoms with Crippen LogP contribution in [0.3, 0.4) is 0 Å². The van der Waals surface area contributed by atoms with Gasteiger partial charge in [-0.15, -0.1) is 0 Å². The third kappa shape index (κ3) is 11.3. The van der Waals surface area contributed by atoms with Crippen LogP contribution in [0.25, 0.3) is 0 Å². The van der Waals surface area contributed by atoms with Gasteiger partial charge in [-0.3, -0.25) is 19.2 Å². The van der Waals surface area contributed by atoms with Gasteiger partial charge in [0.15, 0.2) is 5.78 Å². The Morgan fingerprint density at radius 2 is 1.41 bits per heavy atom. The van der Waals surface area contributed by atoms with E-state index in [4.69, 9.17) is 11.5 Å². The Bertz CT molecular complexity index is 1590. The van der Waals surface area contributed by atoms with E-state index in [1.165, 1.54) is 4.90 Å². The predicted octanol–water partition coefficient (Wildman–Crippen LogP) is 2.66. The number of amides is 3. The van der Waals surface area contributed by atoms with Crippen molar-refractivity contribution in [2.45, 2.75) is 82.7 Å². The fraction of sp³-hybridized carbons (Fsp3) is 0.436. The molecule has 3 aromatic rings. The van der Waals surface area contributed by atoms with Gasteiger partial charge in [0.25, 0.3) is 0 Å². The number of carbonyl (C=O) groups is 4. The van der Waals surface area contributed by atoms with E-state index in [-0.39, 0.29) is 37.0 Å². The van der Waals surface area contributed by atoms with E-state index in [1.807, 2.05) is 74.5 Å². The minimum Gasteiger partial charge on any atom is -0.427 e. The van der Waals surface area contributed by atoms with Crippen LogP contribution >= 0.6 is 0 Å². The summed E-state index contributed by atoms with van der Waals surface area (Å²) in [6.07, 6.45) is 2.31. The van der Waals surface area contributed by atoms with Crippen molar-refractivity contribution in [2.24, 2.45) is 23.3 Å². The number of nitrogens with two attached hydrogens (primary N) is 2. The van der Waals surface area contributed by atoms with E-state index in [0.717, 1.165) is 11.1 Å². The van der Waals surface area contributed by atoms with Gasteiger partial charge in [0.1, 0.15) is 6.04 Å². The van der Waals surface area contributed by atoms with Crippen LogP contribution in [0.2, 0.25) is 0 Å². The van der Waals surface area contributed by atoms with Crippen molar-refractivity contribution in [2.75, 3.05) is 18.0 Å². The first kappa shape index (κ1) is 39.4. The molecule has 1 unspecified atom stereocenters. The van der Waals surface area contributed by atoms with Gasteiger partial charge in [-0.25, -0.2) is 0 Å². The van der Waals surface area contributed by atoms with Crippen molar-refractivity contribution in [1.82, 2.24) is 10.6 Å². The highest BCUT2D eigenvalue weighted by atomic mass is 16.4. The molecule has 11 nitrogen and oxygen atoms in total. The first-order valence-electron chi connectivity index (χ1n) is 17.9. The van der Waals surface area contributed by atoms with Gasteiger partial charge in [-0.1, -0.05) is 92.7 Å². The maximum Gasteiger partial charge on any atom is 0.461 e. The average Bonchev–Trinajstić information content (AvgIpc) is 3.51. The lowest BCUT2D eigenvalue weighted by molar-refractivity contribution is -0.134. The van der Waals surface area contributed by atoms with Crippen molar-refractivity contribution in [3.8, 4) is 0 Å². The zero-order valence-electron chi connectivity index (χ0n) is 29.6. The summed E-state index contributed by atoms with van der Waals surface area (Å²) in [5, 5.41) is 25.9. The number of hydrogen-bond donors (Lipinski definition) is 6. The SMILES string of the molecule is CC(C)C[C@@H](CC(=O)[C@@H](Cc1ccccc1)NC(=O)[C@H](N)Cc1ccccc1)C(=O)N[C@H](CCCCN)C(=O)N1CC(B(O)O)c2ccccc21. The lowest BCUT2D eigenvalue weighted by atomic mass is 9.70. The van der Waals surface area contributed by atoms with Crippen molar-refractivity contribution in [3.63, 3.8) is 0 Å². The van der Waals surface area contributed by atoms with E-state index < -0.39 is 48.8 Å². The Kier molecular flexibility index (Phi) is 14.9. The number of para-hydroxylation sites is 1. The Balaban J connectivity index is 1.53. The predicted molar refractivity (Wildman–Crippen MR) is 199 cm³/mol. The van der Waals surface area contributed by atoms with Crippen molar-refractivity contribution in [3.05, 3.63) is 102 Å². The smallest absolute Gasteiger partial charge is 0.427 e. The molecule has 4 rings (SSSR count). The molecule has 1 heterocycles.